The normalized spacial score (nSPS) is 12.8. The monoisotopic (exact) mass is 439 g/mol. The van der Waals surface area contributed by atoms with Crippen LogP contribution >= 0.6 is 11.6 Å². The van der Waals surface area contributed by atoms with Crippen LogP contribution in [0.3, 0.4) is 0 Å². The summed E-state index contributed by atoms with van der Waals surface area (Å²) < 4.78 is 40.8. The van der Waals surface area contributed by atoms with Crippen LogP contribution in [0.15, 0.2) is 41.5 Å². The zero-order chi connectivity index (χ0) is 21.0. The van der Waals surface area contributed by atoms with Crippen molar-refractivity contribution in [1.29, 1.82) is 0 Å². The first-order chi connectivity index (χ1) is 13.8. The summed E-state index contributed by atoms with van der Waals surface area (Å²) in [5.74, 6) is 0.981. The summed E-state index contributed by atoms with van der Waals surface area (Å²) in [6, 6.07) is 9.60. The molecule has 9 nitrogen and oxygen atoms in total. The first kappa shape index (κ1) is 20.7. The molecule has 154 valence electrons. The van der Waals surface area contributed by atoms with Gasteiger partial charge in [0.05, 0.1) is 30.3 Å². The highest BCUT2D eigenvalue weighted by molar-refractivity contribution is 7.92. The van der Waals surface area contributed by atoms with E-state index in [-0.39, 0.29) is 17.5 Å². The summed E-state index contributed by atoms with van der Waals surface area (Å²) in [4.78, 5) is 12.2. The Morgan fingerprint density at radius 1 is 1.28 bits per heavy atom. The fourth-order valence-corrected chi connectivity index (χ4v) is 3.65. The fraction of sp³-hybridized carbons (Fsp3) is 0.222. The molecule has 11 heteroatoms. The molecule has 0 radical (unpaired) electrons. The number of amides is 1. The highest BCUT2D eigenvalue weighted by Crippen LogP contribution is 2.32. The molecule has 2 aromatic rings. The molecule has 3 rings (SSSR count). The molecule has 0 fully saturated rings. The van der Waals surface area contributed by atoms with Gasteiger partial charge in [-0.15, -0.1) is 0 Å². The first-order valence-corrected chi connectivity index (χ1v) is 10.5. The number of anilines is 1. The number of hydrazone groups is 1. The molecule has 0 atom stereocenters. The quantitative estimate of drug-likeness (QED) is 0.522. The number of carbonyl (C=O) groups excluding carboxylic acids is 1. The molecular formula is C18H18ClN3O6S. The predicted molar refractivity (Wildman–Crippen MR) is 108 cm³/mol. The maximum atomic E-state index is 12.2. The fourth-order valence-electron chi connectivity index (χ4n) is 2.55. The highest BCUT2D eigenvalue weighted by Gasteiger charge is 2.21. The Morgan fingerprint density at radius 3 is 2.72 bits per heavy atom. The van der Waals surface area contributed by atoms with Crippen molar-refractivity contribution >= 4 is 39.4 Å². The van der Waals surface area contributed by atoms with Gasteiger partial charge in [0.1, 0.15) is 12.3 Å². The van der Waals surface area contributed by atoms with Crippen LogP contribution in [0.5, 0.6) is 17.2 Å². The van der Waals surface area contributed by atoms with Crippen molar-refractivity contribution in [2.75, 3.05) is 31.0 Å². The van der Waals surface area contributed by atoms with Gasteiger partial charge in [0.2, 0.25) is 16.8 Å². The largest absolute Gasteiger partial charge is 0.495 e. The summed E-state index contributed by atoms with van der Waals surface area (Å²) in [5.41, 5.74) is 3.21. The summed E-state index contributed by atoms with van der Waals surface area (Å²) in [6.45, 7) is -0.316. The molecule has 2 aromatic carbocycles. The number of rotatable bonds is 7. The number of methoxy groups -OCH3 is 1. The molecule has 0 aliphatic carbocycles. The minimum atomic E-state index is -3.74. The van der Waals surface area contributed by atoms with Crippen LogP contribution in [0.4, 0.5) is 5.69 Å². The van der Waals surface area contributed by atoms with Gasteiger partial charge in [-0.3, -0.25) is 9.10 Å². The number of nitrogens with zero attached hydrogens (tertiary/aromatic N) is 2. The molecule has 0 saturated carbocycles. The van der Waals surface area contributed by atoms with Gasteiger partial charge in [-0.05, 0) is 42.0 Å². The van der Waals surface area contributed by atoms with Crippen LogP contribution in [-0.2, 0) is 14.8 Å². The molecule has 29 heavy (non-hydrogen) atoms. The van der Waals surface area contributed by atoms with E-state index < -0.39 is 22.5 Å². The number of hydrogen-bond donors (Lipinski definition) is 1. The van der Waals surface area contributed by atoms with Crippen LogP contribution in [-0.4, -0.2) is 47.2 Å². The SMILES string of the molecule is COc1ccc(N(CC(=O)N/N=C\c2ccc3c(c2)OCO3)S(C)(=O)=O)cc1Cl. The van der Waals surface area contributed by atoms with E-state index in [9.17, 15) is 13.2 Å². The number of nitrogens with one attached hydrogen (secondary N) is 1. The van der Waals surface area contributed by atoms with E-state index in [4.69, 9.17) is 25.8 Å². The first-order valence-electron chi connectivity index (χ1n) is 8.31. The Balaban J connectivity index is 1.68. The van der Waals surface area contributed by atoms with E-state index in [1.165, 1.54) is 31.5 Å². The molecule has 1 aliphatic rings. The van der Waals surface area contributed by atoms with Gasteiger partial charge in [-0.25, -0.2) is 13.8 Å². The van der Waals surface area contributed by atoms with Crippen molar-refractivity contribution in [2.24, 2.45) is 5.10 Å². The molecule has 0 unspecified atom stereocenters. The van der Waals surface area contributed by atoms with Crippen LogP contribution in [0.2, 0.25) is 5.02 Å². The lowest BCUT2D eigenvalue weighted by Gasteiger charge is -2.21. The number of sulfonamides is 1. The summed E-state index contributed by atoms with van der Waals surface area (Å²) in [6.07, 6.45) is 2.41. The van der Waals surface area contributed by atoms with Crippen molar-refractivity contribution in [2.45, 2.75) is 0 Å². The molecule has 1 N–H and O–H groups in total. The van der Waals surface area contributed by atoms with Crippen molar-refractivity contribution in [3.05, 3.63) is 47.0 Å². The summed E-state index contributed by atoms with van der Waals surface area (Å²) in [5, 5.41) is 4.07. The van der Waals surface area contributed by atoms with E-state index in [0.29, 0.717) is 22.8 Å². The van der Waals surface area contributed by atoms with Crippen LogP contribution in [0.25, 0.3) is 0 Å². The van der Waals surface area contributed by atoms with Gasteiger partial charge < -0.3 is 14.2 Å². The zero-order valence-electron chi connectivity index (χ0n) is 15.6. The minimum Gasteiger partial charge on any atom is -0.495 e. The molecule has 0 bridgehead atoms. The third-order valence-electron chi connectivity index (χ3n) is 3.91. The third kappa shape index (κ3) is 5.09. The Labute approximate surface area is 172 Å². The Kier molecular flexibility index (Phi) is 6.14. The van der Waals surface area contributed by atoms with Gasteiger partial charge in [0, 0.05) is 0 Å². The summed E-state index contributed by atoms with van der Waals surface area (Å²) in [7, 11) is -2.30. The number of halogens is 1. The average molecular weight is 440 g/mol. The maximum Gasteiger partial charge on any atom is 0.260 e. The van der Waals surface area contributed by atoms with E-state index in [1.54, 1.807) is 18.2 Å². The average Bonchev–Trinajstić information content (AvgIpc) is 3.13. The summed E-state index contributed by atoms with van der Waals surface area (Å²) >= 11 is 6.06. The third-order valence-corrected chi connectivity index (χ3v) is 5.35. The minimum absolute atomic E-state index is 0.156. The second-order valence-electron chi connectivity index (χ2n) is 5.99. The topological polar surface area (TPSA) is 107 Å². The van der Waals surface area contributed by atoms with Crippen molar-refractivity contribution in [3.8, 4) is 17.2 Å². The van der Waals surface area contributed by atoms with Gasteiger partial charge in [0.15, 0.2) is 11.5 Å². The van der Waals surface area contributed by atoms with E-state index in [0.717, 1.165) is 10.6 Å². The van der Waals surface area contributed by atoms with E-state index >= 15 is 0 Å². The predicted octanol–water partition coefficient (Wildman–Crippen LogP) is 1.99. The number of ether oxygens (including phenoxy) is 3. The zero-order valence-corrected chi connectivity index (χ0v) is 17.2. The van der Waals surface area contributed by atoms with Crippen LogP contribution < -0.4 is 23.9 Å². The maximum absolute atomic E-state index is 12.2. The number of benzene rings is 2. The molecule has 1 aliphatic heterocycles. The second-order valence-corrected chi connectivity index (χ2v) is 8.31. The van der Waals surface area contributed by atoms with Crippen molar-refractivity contribution in [1.82, 2.24) is 5.43 Å². The Hall–Kier alpha value is -2.98. The second kappa shape index (κ2) is 8.58. The van der Waals surface area contributed by atoms with Gasteiger partial charge in [-0.2, -0.15) is 5.10 Å². The number of carbonyl (C=O) groups is 1. The molecule has 1 heterocycles. The van der Waals surface area contributed by atoms with Gasteiger partial charge in [-0.1, -0.05) is 11.6 Å². The van der Waals surface area contributed by atoms with Gasteiger partial charge in [0.25, 0.3) is 5.91 Å². The molecule has 1 amide bonds. The highest BCUT2D eigenvalue weighted by atomic mass is 35.5. The molecule has 0 spiro atoms. The lowest BCUT2D eigenvalue weighted by Crippen LogP contribution is -2.39. The lowest BCUT2D eigenvalue weighted by molar-refractivity contribution is -0.119. The van der Waals surface area contributed by atoms with Gasteiger partial charge >= 0.3 is 0 Å². The molecule has 0 aromatic heterocycles. The number of fused-ring (bicyclic) bond motifs is 1. The number of hydrogen-bond acceptors (Lipinski definition) is 7. The lowest BCUT2D eigenvalue weighted by atomic mass is 10.2. The Bertz CT molecular complexity index is 1060. The standard InChI is InChI=1S/C18H18ClN3O6S/c1-26-15-6-4-13(8-14(15)19)22(29(2,24)25)10-18(23)21-20-9-12-3-5-16-17(7-12)28-11-27-16/h3-9H,10-11H2,1-2H3,(H,21,23)/b20-9-. The van der Waals surface area contributed by atoms with Crippen molar-refractivity contribution < 1.29 is 27.4 Å². The van der Waals surface area contributed by atoms with Crippen molar-refractivity contribution in [3.63, 3.8) is 0 Å². The van der Waals surface area contributed by atoms with E-state index in [1.807, 2.05) is 0 Å². The van der Waals surface area contributed by atoms with Crippen LogP contribution in [0.1, 0.15) is 5.56 Å². The molecule has 0 saturated heterocycles. The molecular weight excluding hydrogens is 422 g/mol. The van der Waals surface area contributed by atoms with E-state index in [2.05, 4.69) is 10.5 Å². The Morgan fingerprint density at radius 2 is 2.03 bits per heavy atom. The smallest absolute Gasteiger partial charge is 0.260 e. The van der Waals surface area contributed by atoms with Crippen LogP contribution in [0, 0.1) is 0 Å².